The first-order valence-electron chi connectivity index (χ1n) is 8.07. The molecule has 0 radical (unpaired) electrons. The Morgan fingerprint density at radius 3 is 1.86 bits per heavy atom. The van der Waals surface area contributed by atoms with Gasteiger partial charge in [-0.3, -0.25) is 4.79 Å². The largest absolute Gasteiger partial charge is 0.481 e. The van der Waals surface area contributed by atoms with Crippen molar-refractivity contribution in [1.29, 1.82) is 0 Å². The molecule has 0 unspecified atom stereocenters. The van der Waals surface area contributed by atoms with Gasteiger partial charge in [0.15, 0.2) is 6.29 Å². The van der Waals surface area contributed by atoms with Gasteiger partial charge in [0, 0.05) is 19.3 Å². The summed E-state index contributed by atoms with van der Waals surface area (Å²) in [7, 11) is 0. The van der Waals surface area contributed by atoms with Crippen LogP contribution in [0.1, 0.15) is 65.2 Å². The van der Waals surface area contributed by atoms with Crippen LogP contribution < -0.4 is 0 Å². The number of aliphatic carboxylic acids is 1. The Morgan fingerprint density at radius 1 is 0.955 bits per heavy atom. The monoisotopic (exact) mass is 308 g/mol. The normalized spacial score (nSPS) is 9.77. The van der Waals surface area contributed by atoms with Crippen LogP contribution in [-0.2, 0) is 14.3 Å². The molecular weight excluding hydrogens is 280 g/mol. The summed E-state index contributed by atoms with van der Waals surface area (Å²) >= 11 is 0. The van der Waals surface area contributed by atoms with Gasteiger partial charge in [-0.2, -0.15) is 0 Å². The number of unbranched alkanes of at least 4 members (excludes halogenated alkanes) is 4. The van der Waals surface area contributed by atoms with E-state index in [9.17, 15) is 4.79 Å². The lowest BCUT2D eigenvalue weighted by Crippen LogP contribution is -2.19. The van der Waals surface area contributed by atoms with Gasteiger partial charge in [-0.05, 0) is 12.8 Å². The van der Waals surface area contributed by atoms with Gasteiger partial charge in [0.2, 0.25) is 0 Å². The van der Waals surface area contributed by atoms with Crippen LogP contribution in [-0.4, -0.2) is 30.6 Å². The van der Waals surface area contributed by atoms with Crippen molar-refractivity contribution in [3.05, 3.63) is 0 Å². The molecule has 0 saturated carbocycles. The summed E-state index contributed by atoms with van der Waals surface area (Å²) in [5.41, 5.74) is 0. The summed E-state index contributed by atoms with van der Waals surface area (Å²) in [6, 6.07) is 0. The number of hydrogen-bond acceptors (Lipinski definition) is 3. The molecule has 0 aliphatic heterocycles. The fraction of sp³-hybridized carbons (Fsp3) is 0.722. The van der Waals surface area contributed by atoms with Crippen LogP contribution in [0.2, 0.25) is 0 Å². The first-order valence-corrected chi connectivity index (χ1v) is 8.07. The third kappa shape index (κ3) is 14.9. The molecule has 0 aromatic carbocycles. The van der Waals surface area contributed by atoms with E-state index in [0.29, 0.717) is 6.42 Å². The summed E-state index contributed by atoms with van der Waals surface area (Å²) < 4.78 is 10.9. The summed E-state index contributed by atoms with van der Waals surface area (Å²) in [6.07, 6.45) is 5.90. The van der Waals surface area contributed by atoms with E-state index in [1.54, 1.807) is 0 Å². The molecule has 4 nitrogen and oxygen atoms in total. The van der Waals surface area contributed by atoms with Gasteiger partial charge in [0.05, 0.1) is 6.42 Å². The lowest BCUT2D eigenvalue weighted by atomic mass is 10.2. The number of hydrogen-bond donors (Lipinski definition) is 1. The van der Waals surface area contributed by atoms with Gasteiger partial charge in [0.25, 0.3) is 0 Å². The lowest BCUT2D eigenvalue weighted by Gasteiger charge is -2.14. The molecule has 0 heterocycles. The van der Waals surface area contributed by atoms with Crippen molar-refractivity contribution in [2.24, 2.45) is 0 Å². The van der Waals surface area contributed by atoms with E-state index in [0.717, 1.165) is 38.5 Å². The SMILES string of the molecule is CCCCC#CCOC(CCC(=O)O)OCC#CCCCC. The molecule has 0 saturated heterocycles. The zero-order chi connectivity index (χ0) is 16.5. The molecule has 124 valence electrons. The molecule has 22 heavy (non-hydrogen) atoms. The smallest absolute Gasteiger partial charge is 0.303 e. The third-order valence-corrected chi connectivity index (χ3v) is 2.84. The van der Waals surface area contributed by atoms with Gasteiger partial charge in [-0.1, -0.05) is 38.5 Å². The molecule has 0 bridgehead atoms. The van der Waals surface area contributed by atoms with E-state index >= 15 is 0 Å². The number of ether oxygens (including phenoxy) is 2. The standard InChI is InChI=1S/C18H28O4/c1-3-5-7-9-11-15-21-18(14-13-17(19)20)22-16-12-10-8-6-4-2/h18H,3-8,13-16H2,1-2H3,(H,19,20). The van der Waals surface area contributed by atoms with Crippen molar-refractivity contribution >= 4 is 5.97 Å². The van der Waals surface area contributed by atoms with Gasteiger partial charge in [0.1, 0.15) is 13.2 Å². The molecule has 0 amide bonds. The van der Waals surface area contributed by atoms with Crippen molar-refractivity contribution < 1.29 is 19.4 Å². The molecular formula is C18H28O4. The van der Waals surface area contributed by atoms with Crippen LogP contribution in [0.15, 0.2) is 0 Å². The highest BCUT2D eigenvalue weighted by molar-refractivity contribution is 5.66. The Bertz CT molecular complexity index is 365. The number of carbonyl (C=O) groups is 1. The highest BCUT2D eigenvalue weighted by Crippen LogP contribution is 2.04. The van der Waals surface area contributed by atoms with Crippen LogP contribution in [0.4, 0.5) is 0 Å². The van der Waals surface area contributed by atoms with E-state index in [4.69, 9.17) is 14.6 Å². The van der Waals surface area contributed by atoms with Crippen LogP contribution in [0.25, 0.3) is 0 Å². The van der Waals surface area contributed by atoms with Crippen LogP contribution in [0.3, 0.4) is 0 Å². The van der Waals surface area contributed by atoms with E-state index in [1.165, 1.54) is 0 Å². The van der Waals surface area contributed by atoms with Gasteiger partial charge >= 0.3 is 5.97 Å². The Balaban J connectivity index is 4.04. The van der Waals surface area contributed by atoms with Crippen molar-refractivity contribution in [1.82, 2.24) is 0 Å². The van der Waals surface area contributed by atoms with Gasteiger partial charge in [-0.25, -0.2) is 0 Å². The number of carboxylic acids is 1. The second kappa shape index (κ2) is 15.9. The van der Waals surface area contributed by atoms with E-state index in [1.807, 2.05) is 0 Å². The number of carboxylic acid groups (broad SMARTS) is 1. The van der Waals surface area contributed by atoms with E-state index in [2.05, 4.69) is 37.5 Å². The molecule has 0 aromatic heterocycles. The molecule has 0 atom stereocenters. The van der Waals surface area contributed by atoms with Crippen LogP contribution in [0.5, 0.6) is 0 Å². The summed E-state index contributed by atoms with van der Waals surface area (Å²) in [5.74, 6) is 11.0. The molecule has 0 fully saturated rings. The highest BCUT2D eigenvalue weighted by atomic mass is 16.7. The molecule has 1 N–H and O–H groups in total. The maximum Gasteiger partial charge on any atom is 0.303 e. The lowest BCUT2D eigenvalue weighted by molar-refractivity contribution is -0.147. The zero-order valence-corrected chi connectivity index (χ0v) is 13.8. The molecule has 0 rings (SSSR count). The quantitative estimate of drug-likeness (QED) is 0.360. The van der Waals surface area contributed by atoms with Crippen molar-refractivity contribution in [2.45, 2.75) is 71.5 Å². The Morgan fingerprint density at radius 2 is 1.45 bits per heavy atom. The van der Waals surface area contributed by atoms with Crippen molar-refractivity contribution in [2.75, 3.05) is 13.2 Å². The third-order valence-electron chi connectivity index (χ3n) is 2.84. The minimum Gasteiger partial charge on any atom is -0.481 e. The molecule has 4 heteroatoms. The zero-order valence-electron chi connectivity index (χ0n) is 13.8. The van der Waals surface area contributed by atoms with E-state index < -0.39 is 12.3 Å². The molecule has 0 aliphatic carbocycles. The summed E-state index contributed by atoms with van der Waals surface area (Å²) in [6.45, 7) is 4.76. The Kier molecular flexibility index (Phi) is 14.8. The average molecular weight is 308 g/mol. The molecule has 0 spiro atoms. The molecule has 0 aliphatic rings. The summed E-state index contributed by atoms with van der Waals surface area (Å²) in [4.78, 5) is 10.6. The topological polar surface area (TPSA) is 55.8 Å². The highest BCUT2D eigenvalue weighted by Gasteiger charge is 2.10. The Labute approximate surface area is 134 Å². The fourth-order valence-electron chi connectivity index (χ4n) is 1.53. The van der Waals surface area contributed by atoms with Gasteiger partial charge in [-0.15, -0.1) is 11.8 Å². The summed E-state index contributed by atoms with van der Waals surface area (Å²) in [5, 5.41) is 8.73. The first kappa shape index (κ1) is 20.5. The fourth-order valence-corrected chi connectivity index (χ4v) is 1.53. The van der Waals surface area contributed by atoms with Crippen molar-refractivity contribution in [3.63, 3.8) is 0 Å². The predicted octanol–water partition coefficient (Wildman–Crippen LogP) is 3.60. The molecule has 0 aromatic rings. The minimum atomic E-state index is -0.861. The van der Waals surface area contributed by atoms with Crippen LogP contribution >= 0.6 is 0 Å². The maximum atomic E-state index is 10.6. The van der Waals surface area contributed by atoms with Crippen molar-refractivity contribution in [3.8, 4) is 23.7 Å². The second-order valence-corrected chi connectivity index (χ2v) is 4.90. The second-order valence-electron chi connectivity index (χ2n) is 4.90. The Hall–Kier alpha value is -1.49. The average Bonchev–Trinajstić information content (AvgIpc) is 2.50. The number of rotatable bonds is 11. The van der Waals surface area contributed by atoms with Gasteiger partial charge < -0.3 is 14.6 Å². The van der Waals surface area contributed by atoms with Crippen LogP contribution in [0, 0.1) is 23.7 Å². The van der Waals surface area contributed by atoms with E-state index in [-0.39, 0.29) is 19.6 Å². The maximum absolute atomic E-state index is 10.6. The predicted molar refractivity (Wildman–Crippen MR) is 87.2 cm³/mol. The first-order chi connectivity index (χ1) is 10.7. The minimum absolute atomic E-state index is 0.0111.